The predicted octanol–water partition coefficient (Wildman–Crippen LogP) is 1.25. The van der Waals surface area contributed by atoms with Crippen molar-refractivity contribution in [2.24, 2.45) is 0 Å². The van der Waals surface area contributed by atoms with Gasteiger partial charge in [-0.05, 0) is 43.5 Å². The van der Waals surface area contributed by atoms with Crippen molar-refractivity contribution < 1.29 is 14.0 Å². The molecule has 1 saturated heterocycles. The maximum Gasteiger partial charge on any atom is 0.253 e. The van der Waals surface area contributed by atoms with Gasteiger partial charge in [-0.25, -0.2) is 4.39 Å². The molecule has 2 amide bonds. The zero-order valence-corrected chi connectivity index (χ0v) is 13.1. The zero-order chi connectivity index (χ0) is 16.2. The van der Waals surface area contributed by atoms with Crippen LogP contribution in [0.3, 0.4) is 0 Å². The summed E-state index contributed by atoms with van der Waals surface area (Å²) in [6, 6.07) is 6.03. The highest BCUT2D eigenvalue weighted by Crippen LogP contribution is 2.18. The normalized spacial score (nSPS) is 19.3. The largest absolute Gasteiger partial charge is 0.352 e. The molecule has 2 fully saturated rings. The van der Waals surface area contributed by atoms with Crippen LogP contribution in [-0.4, -0.2) is 60.4 Å². The van der Waals surface area contributed by atoms with Gasteiger partial charge in [0.2, 0.25) is 5.91 Å². The Hall–Kier alpha value is -1.95. The molecule has 0 radical (unpaired) electrons. The average molecular weight is 319 g/mol. The number of benzene rings is 1. The molecule has 1 aliphatic heterocycles. The summed E-state index contributed by atoms with van der Waals surface area (Å²) in [4.78, 5) is 28.2. The Kier molecular flexibility index (Phi) is 4.91. The third-order valence-corrected chi connectivity index (χ3v) is 4.28. The van der Waals surface area contributed by atoms with Crippen molar-refractivity contribution in [1.29, 1.82) is 0 Å². The second-order valence-corrected chi connectivity index (χ2v) is 6.27. The number of halogens is 1. The molecule has 124 valence electrons. The van der Waals surface area contributed by atoms with Crippen LogP contribution in [0.1, 0.15) is 29.6 Å². The highest BCUT2D eigenvalue weighted by Gasteiger charge is 2.25. The number of carbonyl (C=O) groups excluding carboxylic acids is 2. The summed E-state index contributed by atoms with van der Waals surface area (Å²) in [5, 5.41) is 2.99. The van der Waals surface area contributed by atoms with E-state index in [1.54, 1.807) is 4.90 Å². The molecule has 0 unspecified atom stereocenters. The minimum absolute atomic E-state index is 0.0747. The monoisotopic (exact) mass is 319 g/mol. The first-order chi connectivity index (χ1) is 11.1. The lowest BCUT2D eigenvalue weighted by atomic mass is 10.2. The maximum atomic E-state index is 13.0. The van der Waals surface area contributed by atoms with Crippen LogP contribution >= 0.6 is 0 Å². The standard InChI is InChI=1S/C17H22FN3O2/c18-14-4-2-13(3-5-14)17(23)21-9-1-8-20(10-11-21)12-16(22)19-15-6-7-15/h2-5,15H,1,6-12H2,(H,19,22). The van der Waals surface area contributed by atoms with Gasteiger partial charge in [0.1, 0.15) is 5.82 Å². The Labute approximate surface area is 135 Å². The summed E-state index contributed by atoms with van der Waals surface area (Å²) >= 11 is 0. The minimum Gasteiger partial charge on any atom is -0.352 e. The molecule has 1 saturated carbocycles. The van der Waals surface area contributed by atoms with Crippen molar-refractivity contribution in [2.75, 3.05) is 32.7 Å². The summed E-state index contributed by atoms with van der Waals surface area (Å²) in [5.41, 5.74) is 0.506. The lowest BCUT2D eigenvalue weighted by Gasteiger charge is -2.21. The topological polar surface area (TPSA) is 52.7 Å². The Morgan fingerprint density at radius 1 is 1.09 bits per heavy atom. The van der Waals surface area contributed by atoms with Crippen LogP contribution in [0.25, 0.3) is 0 Å². The van der Waals surface area contributed by atoms with E-state index < -0.39 is 0 Å². The third kappa shape index (κ3) is 4.51. The Bertz CT molecular complexity index is 572. The molecule has 1 N–H and O–H groups in total. The van der Waals surface area contributed by atoms with Crippen molar-refractivity contribution in [3.8, 4) is 0 Å². The molecule has 5 nitrogen and oxygen atoms in total. The molecule has 1 aromatic rings. The van der Waals surface area contributed by atoms with Crippen molar-refractivity contribution in [2.45, 2.75) is 25.3 Å². The lowest BCUT2D eigenvalue weighted by molar-refractivity contribution is -0.122. The van der Waals surface area contributed by atoms with Gasteiger partial charge in [-0.3, -0.25) is 14.5 Å². The predicted molar refractivity (Wildman–Crippen MR) is 84.5 cm³/mol. The fourth-order valence-corrected chi connectivity index (χ4v) is 2.81. The molecule has 1 aromatic carbocycles. The van der Waals surface area contributed by atoms with E-state index in [1.165, 1.54) is 24.3 Å². The van der Waals surface area contributed by atoms with Gasteiger partial charge in [0.25, 0.3) is 5.91 Å². The first kappa shape index (κ1) is 15.9. The quantitative estimate of drug-likeness (QED) is 0.909. The van der Waals surface area contributed by atoms with Gasteiger partial charge in [-0.15, -0.1) is 0 Å². The summed E-state index contributed by atoms with van der Waals surface area (Å²) in [6.45, 7) is 3.15. The Morgan fingerprint density at radius 2 is 1.83 bits per heavy atom. The average Bonchev–Trinajstić information content (AvgIpc) is 3.35. The number of rotatable bonds is 4. The summed E-state index contributed by atoms with van der Waals surface area (Å²) in [7, 11) is 0. The summed E-state index contributed by atoms with van der Waals surface area (Å²) in [6.07, 6.45) is 3.01. The number of hydrogen-bond acceptors (Lipinski definition) is 3. The van der Waals surface area contributed by atoms with E-state index in [0.717, 1.165) is 25.8 Å². The van der Waals surface area contributed by atoms with Crippen molar-refractivity contribution in [3.05, 3.63) is 35.6 Å². The van der Waals surface area contributed by atoms with E-state index in [4.69, 9.17) is 0 Å². The molecule has 0 bridgehead atoms. The van der Waals surface area contributed by atoms with E-state index in [0.29, 0.717) is 37.8 Å². The Morgan fingerprint density at radius 3 is 2.52 bits per heavy atom. The SMILES string of the molecule is O=C(CN1CCCN(C(=O)c2ccc(F)cc2)CC1)NC1CC1. The summed E-state index contributed by atoms with van der Waals surface area (Å²) < 4.78 is 13.0. The molecule has 1 heterocycles. The van der Waals surface area contributed by atoms with E-state index in [-0.39, 0.29) is 17.6 Å². The molecule has 0 aromatic heterocycles. The van der Waals surface area contributed by atoms with Gasteiger partial charge in [0.05, 0.1) is 6.54 Å². The lowest BCUT2D eigenvalue weighted by Crippen LogP contribution is -2.40. The third-order valence-electron chi connectivity index (χ3n) is 4.28. The number of nitrogens with one attached hydrogen (secondary N) is 1. The van der Waals surface area contributed by atoms with Gasteiger partial charge < -0.3 is 10.2 Å². The van der Waals surface area contributed by atoms with Crippen LogP contribution < -0.4 is 5.32 Å². The van der Waals surface area contributed by atoms with Gasteiger partial charge in [0, 0.05) is 37.8 Å². The molecule has 0 spiro atoms. The van der Waals surface area contributed by atoms with Crippen molar-refractivity contribution in [1.82, 2.24) is 15.1 Å². The second-order valence-electron chi connectivity index (χ2n) is 6.27. The maximum absolute atomic E-state index is 13.0. The van der Waals surface area contributed by atoms with Crippen molar-refractivity contribution >= 4 is 11.8 Å². The molecular weight excluding hydrogens is 297 g/mol. The van der Waals surface area contributed by atoms with Gasteiger partial charge in [-0.1, -0.05) is 0 Å². The van der Waals surface area contributed by atoms with Crippen LogP contribution in [0, 0.1) is 5.82 Å². The molecule has 23 heavy (non-hydrogen) atoms. The molecule has 2 aliphatic rings. The second kappa shape index (κ2) is 7.08. The van der Waals surface area contributed by atoms with Crippen LogP contribution in [0.4, 0.5) is 4.39 Å². The molecular formula is C17H22FN3O2. The molecule has 1 aliphatic carbocycles. The van der Waals surface area contributed by atoms with Crippen LogP contribution in [0.15, 0.2) is 24.3 Å². The van der Waals surface area contributed by atoms with E-state index >= 15 is 0 Å². The Balaban J connectivity index is 1.52. The fourth-order valence-electron chi connectivity index (χ4n) is 2.81. The fraction of sp³-hybridized carbons (Fsp3) is 0.529. The van der Waals surface area contributed by atoms with Crippen molar-refractivity contribution in [3.63, 3.8) is 0 Å². The number of hydrogen-bond donors (Lipinski definition) is 1. The minimum atomic E-state index is -0.342. The van der Waals surface area contributed by atoms with Gasteiger partial charge >= 0.3 is 0 Å². The molecule has 3 rings (SSSR count). The number of amides is 2. The van der Waals surface area contributed by atoms with Gasteiger partial charge in [-0.2, -0.15) is 0 Å². The van der Waals surface area contributed by atoms with E-state index in [9.17, 15) is 14.0 Å². The summed E-state index contributed by atoms with van der Waals surface area (Å²) in [5.74, 6) is -0.342. The van der Waals surface area contributed by atoms with Crippen LogP contribution in [-0.2, 0) is 4.79 Å². The molecule has 0 atom stereocenters. The van der Waals surface area contributed by atoms with Gasteiger partial charge in [0.15, 0.2) is 0 Å². The van der Waals surface area contributed by atoms with Crippen LogP contribution in [0.5, 0.6) is 0 Å². The zero-order valence-electron chi connectivity index (χ0n) is 13.1. The van der Waals surface area contributed by atoms with Crippen LogP contribution in [0.2, 0.25) is 0 Å². The highest BCUT2D eigenvalue weighted by molar-refractivity contribution is 5.94. The first-order valence-corrected chi connectivity index (χ1v) is 8.18. The number of nitrogens with zero attached hydrogens (tertiary/aromatic N) is 2. The number of carbonyl (C=O) groups is 2. The smallest absolute Gasteiger partial charge is 0.253 e. The highest BCUT2D eigenvalue weighted by atomic mass is 19.1. The van der Waals surface area contributed by atoms with E-state index in [2.05, 4.69) is 10.2 Å². The molecule has 6 heteroatoms. The van der Waals surface area contributed by atoms with E-state index in [1.807, 2.05) is 0 Å². The first-order valence-electron chi connectivity index (χ1n) is 8.18.